The molecule has 1 amide bonds. The van der Waals surface area contributed by atoms with Crippen molar-refractivity contribution in [2.24, 2.45) is 5.73 Å². The molecule has 0 unspecified atom stereocenters. The van der Waals surface area contributed by atoms with Gasteiger partial charge in [-0.25, -0.2) is 8.42 Å². The molecule has 0 bridgehead atoms. The Morgan fingerprint density at radius 3 is 2.27 bits per heavy atom. The van der Waals surface area contributed by atoms with Crippen molar-refractivity contribution in [2.75, 3.05) is 25.4 Å². The van der Waals surface area contributed by atoms with Crippen molar-refractivity contribution in [1.82, 2.24) is 4.90 Å². The normalized spacial score (nSPS) is 11.1. The number of hydrogen-bond acceptors (Lipinski definition) is 4. The maximum atomic E-state index is 12.2. The summed E-state index contributed by atoms with van der Waals surface area (Å²) in [7, 11) is -3.38. The summed E-state index contributed by atoms with van der Waals surface area (Å²) in [5, 5.41) is -0.546. The summed E-state index contributed by atoms with van der Waals surface area (Å²) in [6, 6.07) is 9.77. The third-order valence-corrected chi connectivity index (χ3v) is 5.39. The molecule has 7 heteroatoms. The second-order valence-electron chi connectivity index (χ2n) is 5.26. The smallest absolute Gasteiger partial charge is 0.237 e. The van der Waals surface area contributed by atoms with E-state index in [4.69, 9.17) is 5.73 Å². The zero-order chi connectivity index (χ0) is 15.9. The average molecular weight is 349 g/mol. The molecule has 126 valence electrons. The van der Waals surface area contributed by atoms with Crippen LogP contribution < -0.4 is 5.73 Å². The zero-order valence-corrected chi connectivity index (χ0v) is 14.7. The highest BCUT2D eigenvalue weighted by Crippen LogP contribution is 2.05. The van der Waals surface area contributed by atoms with Gasteiger partial charge in [-0.1, -0.05) is 30.3 Å². The monoisotopic (exact) mass is 348 g/mol. The fourth-order valence-electron chi connectivity index (χ4n) is 1.86. The maximum Gasteiger partial charge on any atom is 0.237 e. The van der Waals surface area contributed by atoms with Crippen LogP contribution in [0.2, 0.25) is 0 Å². The van der Waals surface area contributed by atoms with Crippen LogP contribution in [0.3, 0.4) is 0 Å². The van der Waals surface area contributed by atoms with Crippen LogP contribution in [0.4, 0.5) is 0 Å². The van der Waals surface area contributed by atoms with E-state index in [9.17, 15) is 13.2 Å². The first-order chi connectivity index (χ1) is 9.86. The number of rotatable bonds is 8. The van der Waals surface area contributed by atoms with E-state index in [2.05, 4.69) is 0 Å². The minimum Gasteiger partial charge on any atom is -0.340 e. The van der Waals surface area contributed by atoms with Gasteiger partial charge in [-0.2, -0.15) is 0 Å². The molecule has 0 spiro atoms. The molecular weight excluding hydrogens is 324 g/mol. The molecule has 0 atom stereocenters. The number of carbonyl (C=O) groups is 1. The Bertz CT molecular complexity index is 547. The topological polar surface area (TPSA) is 80.5 Å². The molecule has 0 fully saturated rings. The minimum absolute atomic E-state index is 0. The Labute approximate surface area is 139 Å². The van der Waals surface area contributed by atoms with Crippen LogP contribution >= 0.6 is 12.4 Å². The highest BCUT2D eigenvalue weighted by Gasteiger charge is 2.24. The molecule has 0 aliphatic heterocycles. The van der Waals surface area contributed by atoms with Gasteiger partial charge in [0.15, 0.2) is 9.84 Å². The van der Waals surface area contributed by atoms with E-state index in [1.54, 1.807) is 13.8 Å². The number of nitrogens with zero attached hydrogens (tertiary/aromatic N) is 1. The second-order valence-corrected chi connectivity index (χ2v) is 7.82. The van der Waals surface area contributed by atoms with Gasteiger partial charge in [-0.15, -0.1) is 12.4 Å². The summed E-state index contributed by atoms with van der Waals surface area (Å²) in [6.45, 7) is 4.34. The van der Waals surface area contributed by atoms with Gasteiger partial charge in [0.25, 0.3) is 0 Å². The molecule has 22 heavy (non-hydrogen) atoms. The molecular formula is C15H25ClN2O3S. The van der Waals surface area contributed by atoms with Gasteiger partial charge in [0.05, 0.1) is 5.25 Å². The van der Waals surface area contributed by atoms with Crippen molar-refractivity contribution < 1.29 is 13.2 Å². The minimum atomic E-state index is -3.38. The third kappa shape index (κ3) is 6.77. The summed E-state index contributed by atoms with van der Waals surface area (Å²) in [6.07, 6.45) is 0.689. The summed E-state index contributed by atoms with van der Waals surface area (Å²) >= 11 is 0. The number of amides is 1. The lowest BCUT2D eigenvalue weighted by Crippen LogP contribution is -2.41. The highest BCUT2D eigenvalue weighted by molar-refractivity contribution is 7.92. The van der Waals surface area contributed by atoms with Crippen LogP contribution in [-0.4, -0.2) is 49.9 Å². The number of nitrogens with two attached hydrogens (primary N) is 1. The van der Waals surface area contributed by atoms with Crippen molar-refractivity contribution in [3.05, 3.63) is 35.9 Å². The summed E-state index contributed by atoms with van der Waals surface area (Å²) < 4.78 is 23.7. The van der Waals surface area contributed by atoms with Crippen LogP contribution in [0.25, 0.3) is 0 Å². The lowest BCUT2D eigenvalue weighted by molar-refractivity contribution is -0.128. The van der Waals surface area contributed by atoms with Gasteiger partial charge >= 0.3 is 0 Å². The van der Waals surface area contributed by atoms with Crippen molar-refractivity contribution in [1.29, 1.82) is 0 Å². The number of halogens is 1. The Morgan fingerprint density at radius 2 is 1.77 bits per heavy atom. The van der Waals surface area contributed by atoms with E-state index in [0.717, 1.165) is 5.56 Å². The van der Waals surface area contributed by atoms with Crippen LogP contribution in [0.15, 0.2) is 30.3 Å². The maximum absolute atomic E-state index is 12.2. The Morgan fingerprint density at radius 1 is 1.18 bits per heavy atom. The molecule has 0 aliphatic carbocycles. The van der Waals surface area contributed by atoms with Crippen LogP contribution in [0.1, 0.15) is 19.4 Å². The van der Waals surface area contributed by atoms with Gasteiger partial charge in [-0.05, 0) is 25.8 Å². The molecule has 5 nitrogen and oxygen atoms in total. The number of hydrogen-bond donors (Lipinski definition) is 1. The van der Waals surface area contributed by atoms with E-state index >= 15 is 0 Å². The van der Waals surface area contributed by atoms with E-state index in [1.165, 1.54) is 4.90 Å². The molecule has 0 saturated heterocycles. The van der Waals surface area contributed by atoms with Crippen LogP contribution in [-0.2, 0) is 21.1 Å². The molecule has 1 rings (SSSR count). The Hall–Kier alpha value is -1.11. The van der Waals surface area contributed by atoms with Gasteiger partial charge < -0.3 is 10.6 Å². The first-order valence-electron chi connectivity index (χ1n) is 7.10. The second kappa shape index (κ2) is 9.82. The third-order valence-electron chi connectivity index (χ3n) is 3.31. The lowest BCUT2D eigenvalue weighted by Gasteiger charge is -2.22. The predicted octanol–water partition coefficient (Wildman–Crippen LogP) is 1.26. The summed E-state index contributed by atoms with van der Waals surface area (Å²) in [4.78, 5) is 13.7. The van der Waals surface area contributed by atoms with Crippen LogP contribution in [0.5, 0.6) is 0 Å². The van der Waals surface area contributed by atoms with Crippen molar-refractivity contribution in [3.63, 3.8) is 0 Å². The predicted molar refractivity (Wildman–Crippen MR) is 92.0 cm³/mol. The van der Waals surface area contributed by atoms with Gasteiger partial charge in [0.1, 0.15) is 5.75 Å². The highest BCUT2D eigenvalue weighted by atomic mass is 35.5. The van der Waals surface area contributed by atoms with Crippen LogP contribution in [0, 0.1) is 0 Å². The fourth-order valence-corrected chi connectivity index (χ4v) is 2.72. The molecule has 0 heterocycles. The first kappa shape index (κ1) is 20.9. The first-order valence-corrected chi connectivity index (χ1v) is 8.81. The van der Waals surface area contributed by atoms with E-state index in [1.807, 2.05) is 30.3 Å². The SMILES string of the molecule is CC(C)S(=O)(=O)CC(=O)N(CCN)CCc1ccccc1.Cl. The molecule has 0 aromatic heterocycles. The summed E-state index contributed by atoms with van der Waals surface area (Å²) in [5.74, 6) is -0.815. The fraction of sp³-hybridized carbons (Fsp3) is 0.533. The van der Waals surface area contributed by atoms with Gasteiger partial charge in [0.2, 0.25) is 5.91 Å². The van der Waals surface area contributed by atoms with Gasteiger partial charge in [0, 0.05) is 19.6 Å². The molecule has 0 saturated carbocycles. The Balaban J connectivity index is 0.00000441. The number of sulfone groups is 1. The number of carbonyl (C=O) groups excluding carboxylic acids is 1. The average Bonchev–Trinajstić information content (AvgIpc) is 2.43. The molecule has 1 aromatic carbocycles. The van der Waals surface area contributed by atoms with E-state index in [-0.39, 0.29) is 18.3 Å². The quantitative estimate of drug-likeness (QED) is 0.767. The largest absolute Gasteiger partial charge is 0.340 e. The van der Waals surface area contributed by atoms with E-state index < -0.39 is 20.8 Å². The standard InChI is InChI=1S/C15H24N2O3S.ClH/c1-13(2)21(19,20)12-15(18)17(11-9-16)10-8-14-6-4-3-5-7-14;/h3-7,13H,8-12,16H2,1-2H3;1H. The molecule has 0 aliphatic rings. The molecule has 0 radical (unpaired) electrons. The Kier molecular flexibility index (Phi) is 9.32. The summed E-state index contributed by atoms with van der Waals surface area (Å²) in [5.41, 5.74) is 6.63. The van der Waals surface area contributed by atoms with Gasteiger partial charge in [-0.3, -0.25) is 4.79 Å². The number of benzene rings is 1. The zero-order valence-electron chi connectivity index (χ0n) is 13.1. The van der Waals surface area contributed by atoms with Crippen molar-refractivity contribution >= 4 is 28.2 Å². The van der Waals surface area contributed by atoms with E-state index in [0.29, 0.717) is 26.1 Å². The van der Waals surface area contributed by atoms with Crippen molar-refractivity contribution in [2.45, 2.75) is 25.5 Å². The molecule has 1 aromatic rings. The lowest BCUT2D eigenvalue weighted by atomic mass is 10.1. The van der Waals surface area contributed by atoms with Crippen molar-refractivity contribution in [3.8, 4) is 0 Å². The molecule has 2 N–H and O–H groups in total.